The first-order chi connectivity index (χ1) is 31.4. The molecular weight excluding hydrogens is 912 g/mol. The van der Waals surface area contributed by atoms with Gasteiger partial charge in [-0.1, -0.05) is 20.8 Å². The summed E-state index contributed by atoms with van der Waals surface area (Å²) in [5, 5.41) is 49.0. The highest BCUT2D eigenvalue weighted by molar-refractivity contribution is 7.47. The van der Waals surface area contributed by atoms with E-state index in [1.165, 1.54) is 32.2 Å². The zero-order valence-corrected chi connectivity index (χ0v) is 36.8. The fourth-order valence-electron chi connectivity index (χ4n) is 7.28. The number of hydrogen-bond acceptors (Lipinski definition) is 20. The van der Waals surface area contributed by atoms with Gasteiger partial charge in [0.25, 0.3) is 11.5 Å². The minimum atomic E-state index is -5.17. The summed E-state index contributed by atoms with van der Waals surface area (Å²) in [6, 6.07) is 2.75. The third-order valence-corrected chi connectivity index (χ3v) is 11.7. The number of aromatic amines is 1. The predicted octanol–water partition coefficient (Wildman–Crippen LogP) is -0.195. The normalized spacial score (nSPS) is 20.1. The zero-order valence-electron chi connectivity index (χ0n) is 35.9. The second-order valence-electron chi connectivity index (χ2n) is 16.3. The van der Waals surface area contributed by atoms with E-state index in [1.807, 2.05) is 0 Å². The number of aromatic nitrogens is 8. The second kappa shape index (κ2) is 20.0. The molecule has 29 heteroatoms. The van der Waals surface area contributed by atoms with E-state index in [1.54, 1.807) is 19.1 Å². The van der Waals surface area contributed by atoms with E-state index in [0.717, 1.165) is 17.8 Å². The lowest BCUT2D eigenvalue weighted by Crippen LogP contribution is -2.52. The summed E-state index contributed by atoms with van der Waals surface area (Å²) in [4.78, 5) is 99.3. The number of anilines is 3. The number of fused-ring (bicyclic) bond motifs is 2. The van der Waals surface area contributed by atoms with Gasteiger partial charge in [0.1, 0.15) is 24.4 Å². The molecule has 1 aliphatic rings. The average molecular weight is 960 g/mol. The number of H-pyrrole nitrogens is 1. The maximum absolute atomic E-state index is 13.9. The lowest BCUT2D eigenvalue weighted by molar-refractivity contribution is -0.146. The van der Waals surface area contributed by atoms with Crippen LogP contribution in [0.1, 0.15) is 62.8 Å². The number of aliphatic carboxylic acids is 2. The van der Waals surface area contributed by atoms with Gasteiger partial charge in [-0.25, -0.2) is 29.1 Å². The van der Waals surface area contributed by atoms with Gasteiger partial charge in [-0.15, -0.1) is 0 Å². The average Bonchev–Trinajstić information content (AvgIpc) is 3.79. The molecule has 1 fully saturated rings. The molecule has 1 saturated heterocycles. The topological polar surface area (TPSA) is 417 Å². The largest absolute Gasteiger partial charge is 0.480 e. The number of ether oxygens (including phenoxy) is 1. The van der Waals surface area contributed by atoms with Crippen LogP contribution in [0.3, 0.4) is 0 Å². The number of nitrogens with one attached hydrogen (secondary N) is 4. The smallest absolute Gasteiger partial charge is 0.472 e. The Morgan fingerprint density at radius 2 is 1.70 bits per heavy atom. The fraction of sp³-hybridized carbons (Fsp3) is 0.447. The summed E-state index contributed by atoms with van der Waals surface area (Å²) < 4.78 is 43.5. The van der Waals surface area contributed by atoms with Crippen LogP contribution in [0.25, 0.3) is 22.3 Å². The van der Waals surface area contributed by atoms with Crippen LogP contribution in [-0.4, -0.2) is 132 Å². The molecule has 9 unspecified atom stereocenters. The molecule has 27 nitrogen and oxygen atoms in total. The highest BCUT2D eigenvalue weighted by Crippen LogP contribution is 2.46. The van der Waals surface area contributed by atoms with Crippen LogP contribution >= 0.6 is 7.82 Å². The number of hydrogen-bond donors (Lipinski definition) is 11. The Labute approximate surface area is 377 Å². The van der Waals surface area contributed by atoms with Crippen molar-refractivity contribution in [1.82, 2.24) is 50.1 Å². The van der Waals surface area contributed by atoms with E-state index in [9.17, 15) is 58.2 Å². The van der Waals surface area contributed by atoms with Crippen LogP contribution < -0.4 is 33.0 Å². The maximum atomic E-state index is 13.9. The number of amides is 2. The van der Waals surface area contributed by atoms with Gasteiger partial charge in [-0.2, -0.15) is 19.3 Å². The summed E-state index contributed by atoms with van der Waals surface area (Å²) >= 11 is 0. The van der Waals surface area contributed by atoms with Crippen molar-refractivity contribution in [1.29, 1.82) is 0 Å². The number of imidazole rings is 1. The number of nitrogens with zero attached hydrogens (tertiary/aromatic N) is 7. The molecule has 9 atom stereocenters. The molecule has 4 aromatic heterocycles. The number of aliphatic hydroxyl groups excluding tert-OH is 2. The Bertz CT molecular complexity index is 2780. The number of rotatable bonds is 20. The van der Waals surface area contributed by atoms with Gasteiger partial charge in [-0.05, 0) is 49.9 Å². The van der Waals surface area contributed by atoms with E-state index in [4.69, 9.17) is 25.3 Å². The number of carbonyl (C=O) groups excluding carboxylic acids is 2. The van der Waals surface area contributed by atoms with Crippen LogP contribution in [0, 0.1) is 17.4 Å². The molecule has 0 spiro atoms. The number of benzene rings is 1. The van der Waals surface area contributed by atoms with Gasteiger partial charge in [0, 0.05) is 16.7 Å². The number of phosphoric acid groups is 1. The number of nitrogen functional groups attached to an aromatic ring is 2. The van der Waals surface area contributed by atoms with Crippen LogP contribution in [-0.2, 0) is 39.3 Å². The quantitative estimate of drug-likeness (QED) is 0.0355. The van der Waals surface area contributed by atoms with Crippen LogP contribution in [0.15, 0.2) is 41.6 Å². The number of halogens is 1. The molecule has 0 bridgehead atoms. The zero-order chi connectivity index (χ0) is 49.1. The van der Waals surface area contributed by atoms with Gasteiger partial charge < -0.3 is 57.5 Å². The molecule has 5 heterocycles. The predicted molar refractivity (Wildman–Crippen MR) is 229 cm³/mol. The van der Waals surface area contributed by atoms with E-state index in [0.29, 0.717) is 11.4 Å². The van der Waals surface area contributed by atoms with Crippen molar-refractivity contribution < 1.29 is 67.2 Å². The minimum Gasteiger partial charge on any atom is -0.480 e. The number of carboxylic acids is 2. The highest BCUT2D eigenvalue weighted by atomic mass is 31.2. The lowest BCUT2D eigenvalue weighted by atomic mass is 9.80. The SMILES string of the molecule is CC(CC(NC(=O)c1ccc(NCc2cnc3nc(N)[nH]c(=O)c3n2)cc1)C(=O)O)CC(C)(C)C(=O)NC(C(=O)O)C(C)OP(=O)(O)OCC1OC(n2cnc3c(N)nc(F)nc32)C(O)C1O. The van der Waals surface area contributed by atoms with E-state index < -0.39 is 104 Å². The first-order valence-electron chi connectivity index (χ1n) is 20.2. The molecule has 6 rings (SSSR count). The molecule has 13 N–H and O–H groups in total. The molecule has 67 heavy (non-hydrogen) atoms. The van der Waals surface area contributed by atoms with Crippen molar-refractivity contribution in [2.75, 3.05) is 23.4 Å². The highest BCUT2D eigenvalue weighted by Gasteiger charge is 2.46. The number of carboxylic acid groups (broad SMARTS) is 2. The number of aliphatic hydroxyl groups is 2. The minimum absolute atomic E-state index is 0.00447. The molecule has 360 valence electrons. The van der Waals surface area contributed by atoms with Crippen molar-refractivity contribution in [2.24, 2.45) is 11.3 Å². The fourth-order valence-corrected chi connectivity index (χ4v) is 8.22. The standard InChI is InChI=1S/C38H47FN13O14P/c1-15(9-20(33(57)58)46-30(55)17-5-7-18(8-6-17)42-11-19-12-43-28-24(45-19)31(56)51-37(41)49-28)10-38(3,4)35(61)47-22(34(59)60)16(2)66-67(62,63)64-13-21-25(53)26(54)32(65-21)52-14-44-23-27(40)48-36(39)50-29(23)52/h5-8,12,14-16,20-22,25-26,32,42,53-54H,9-11,13H2,1-4H3,(H,46,55)(H,47,61)(H,57,58)(H,59,60)(H,62,63)(H2,40,48,50)(H3,41,43,49,51,56). The van der Waals surface area contributed by atoms with E-state index in [-0.39, 0.29) is 59.0 Å². The monoisotopic (exact) mass is 959 g/mol. The Hall–Kier alpha value is -6.81. The third kappa shape index (κ3) is 11.8. The van der Waals surface area contributed by atoms with Gasteiger partial charge in [0.05, 0.1) is 37.5 Å². The van der Waals surface area contributed by atoms with Crippen molar-refractivity contribution in [3.05, 3.63) is 64.5 Å². The van der Waals surface area contributed by atoms with Gasteiger partial charge in [0.2, 0.25) is 11.9 Å². The Balaban J connectivity index is 0.983. The molecule has 0 saturated carbocycles. The van der Waals surface area contributed by atoms with E-state index in [2.05, 4.69) is 50.8 Å². The maximum Gasteiger partial charge on any atom is 0.472 e. The Kier molecular flexibility index (Phi) is 14.8. The van der Waals surface area contributed by atoms with Gasteiger partial charge in [-0.3, -0.25) is 33.0 Å². The van der Waals surface area contributed by atoms with Gasteiger partial charge >= 0.3 is 25.8 Å². The molecule has 1 aliphatic heterocycles. The number of phosphoric ester groups is 1. The molecule has 1 aromatic carbocycles. The summed E-state index contributed by atoms with van der Waals surface area (Å²) in [6.07, 6.45) is -6.92. The van der Waals surface area contributed by atoms with Crippen molar-refractivity contribution >= 4 is 71.4 Å². The van der Waals surface area contributed by atoms with Gasteiger partial charge in [0.15, 0.2) is 40.4 Å². The summed E-state index contributed by atoms with van der Waals surface area (Å²) in [6.45, 7) is 4.91. The number of carbonyl (C=O) groups is 4. The van der Waals surface area contributed by atoms with Crippen LogP contribution in [0.2, 0.25) is 0 Å². The second-order valence-corrected chi connectivity index (χ2v) is 17.7. The summed E-state index contributed by atoms with van der Waals surface area (Å²) in [7, 11) is -5.17. The summed E-state index contributed by atoms with van der Waals surface area (Å²) in [5.74, 6) is -5.50. The third-order valence-electron chi connectivity index (χ3n) is 10.6. The van der Waals surface area contributed by atoms with Crippen LogP contribution in [0.5, 0.6) is 0 Å². The Morgan fingerprint density at radius 1 is 1.00 bits per heavy atom. The van der Waals surface area contributed by atoms with Crippen molar-refractivity contribution in [3.8, 4) is 0 Å². The first kappa shape index (κ1) is 49.6. The lowest BCUT2D eigenvalue weighted by Gasteiger charge is -2.31. The van der Waals surface area contributed by atoms with E-state index >= 15 is 0 Å². The first-order valence-corrected chi connectivity index (χ1v) is 21.7. The Morgan fingerprint density at radius 3 is 2.37 bits per heavy atom. The number of nitrogens with two attached hydrogens (primary N) is 2. The van der Waals surface area contributed by atoms with Crippen molar-refractivity contribution in [2.45, 2.75) is 89.8 Å². The molecular formula is C38H47FN13O14P. The molecule has 5 aromatic rings. The molecule has 2 amide bonds. The van der Waals surface area contributed by atoms with Crippen molar-refractivity contribution in [3.63, 3.8) is 0 Å². The molecule has 0 radical (unpaired) electrons. The molecule has 0 aliphatic carbocycles. The summed E-state index contributed by atoms with van der Waals surface area (Å²) in [5.41, 5.74) is 10.3. The van der Waals surface area contributed by atoms with Crippen LogP contribution in [0.4, 0.5) is 21.8 Å².